The molecule has 2 aromatic carbocycles. The Morgan fingerprint density at radius 3 is 2.45 bits per heavy atom. The first kappa shape index (κ1) is 18.8. The van der Waals surface area contributed by atoms with Gasteiger partial charge in [-0.2, -0.15) is 0 Å². The van der Waals surface area contributed by atoms with Gasteiger partial charge in [0.1, 0.15) is 11.6 Å². The topological polar surface area (TPSA) is 14.2 Å². The van der Waals surface area contributed by atoms with Gasteiger partial charge >= 0.3 is 0 Å². The molecule has 1 saturated carbocycles. The maximum absolute atomic E-state index is 14.4. The van der Waals surface area contributed by atoms with Crippen LogP contribution in [0, 0.1) is 18.6 Å². The van der Waals surface area contributed by atoms with E-state index in [4.69, 9.17) is 4.74 Å². The number of nitrogens with zero attached hydrogens (tertiary/aromatic N) is 1. The van der Waals surface area contributed by atoms with Crippen molar-refractivity contribution in [2.24, 2.45) is 0 Å². The third-order valence-electron chi connectivity index (χ3n) is 6.80. The molecule has 5 rings (SSSR count). The monoisotopic (exact) mass is 395 g/mol. The van der Waals surface area contributed by atoms with Gasteiger partial charge in [-0.25, -0.2) is 8.78 Å². The van der Waals surface area contributed by atoms with Gasteiger partial charge in [0, 0.05) is 27.7 Å². The van der Waals surface area contributed by atoms with Crippen LogP contribution in [-0.4, -0.2) is 11.2 Å². The van der Waals surface area contributed by atoms with Crippen LogP contribution in [0.25, 0.3) is 16.6 Å². The van der Waals surface area contributed by atoms with Crippen LogP contribution in [0.4, 0.5) is 8.78 Å². The van der Waals surface area contributed by atoms with E-state index in [2.05, 4.69) is 18.4 Å². The first-order valence-electron chi connectivity index (χ1n) is 10.6. The molecule has 0 unspecified atom stereocenters. The van der Waals surface area contributed by atoms with Crippen molar-refractivity contribution in [3.05, 3.63) is 64.9 Å². The lowest BCUT2D eigenvalue weighted by atomic mass is 9.72. The van der Waals surface area contributed by atoms with Gasteiger partial charge < -0.3 is 9.30 Å². The Hall–Kier alpha value is -2.20. The zero-order valence-electron chi connectivity index (χ0n) is 17.3. The van der Waals surface area contributed by atoms with E-state index in [0.717, 1.165) is 47.8 Å². The first-order chi connectivity index (χ1) is 13.8. The lowest BCUT2D eigenvalue weighted by Crippen LogP contribution is -2.44. The zero-order chi connectivity index (χ0) is 20.4. The SMILES string of the molecule is Cc1cc(-n2c3c(c4cc(F)ccc42)C2(CCCCC2)OCC3(C)C)ccc1F. The summed E-state index contributed by atoms with van der Waals surface area (Å²) in [6.45, 7) is 6.78. The Labute approximate surface area is 170 Å². The minimum Gasteiger partial charge on any atom is -0.369 e. The highest BCUT2D eigenvalue weighted by atomic mass is 19.1. The standard InChI is InChI=1S/C25H27F2NO/c1-16-13-18(8-9-20(16)27)28-21-10-7-17(26)14-19(21)22-23(28)24(2,3)15-29-25(22)11-5-4-6-12-25/h7-10,13-14H,4-6,11-12,15H2,1-3H3. The van der Waals surface area contributed by atoms with Crippen molar-refractivity contribution >= 4 is 10.9 Å². The van der Waals surface area contributed by atoms with E-state index < -0.39 is 0 Å². The summed E-state index contributed by atoms with van der Waals surface area (Å²) in [5.74, 6) is -0.446. The number of fused-ring (bicyclic) bond motifs is 4. The largest absolute Gasteiger partial charge is 0.369 e. The Bertz CT molecular complexity index is 1110. The second-order valence-corrected chi connectivity index (χ2v) is 9.38. The second kappa shape index (κ2) is 6.40. The van der Waals surface area contributed by atoms with E-state index in [-0.39, 0.29) is 22.7 Å². The molecule has 2 nitrogen and oxygen atoms in total. The molecular weight excluding hydrogens is 368 g/mol. The van der Waals surface area contributed by atoms with Crippen molar-refractivity contribution < 1.29 is 13.5 Å². The molecule has 2 aliphatic rings. The molecule has 1 aliphatic heterocycles. The van der Waals surface area contributed by atoms with E-state index in [1.165, 1.54) is 24.2 Å². The molecule has 0 amide bonds. The zero-order valence-corrected chi connectivity index (χ0v) is 17.3. The smallest absolute Gasteiger partial charge is 0.126 e. The van der Waals surface area contributed by atoms with Crippen LogP contribution >= 0.6 is 0 Å². The molecule has 3 aromatic rings. The molecule has 0 radical (unpaired) electrons. The molecule has 1 fully saturated rings. The highest BCUT2D eigenvalue weighted by Crippen LogP contribution is 2.53. The average molecular weight is 395 g/mol. The van der Waals surface area contributed by atoms with Gasteiger partial charge in [-0.3, -0.25) is 0 Å². The number of hydrogen-bond donors (Lipinski definition) is 0. The summed E-state index contributed by atoms with van der Waals surface area (Å²) < 4.78 is 37.2. The fourth-order valence-corrected chi connectivity index (χ4v) is 5.38. The van der Waals surface area contributed by atoms with Gasteiger partial charge in [0.05, 0.1) is 17.7 Å². The summed E-state index contributed by atoms with van der Waals surface area (Å²) in [6.07, 6.45) is 5.39. The lowest BCUT2D eigenvalue weighted by Gasteiger charge is -2.46. The molecule has 152 valence electrons. The van der Waals surface area contributed by atoms with Gasteiger partial charge in [0.15, 0.2) is 0 Å². The Balaban J connectivity index is 1.90. The molecular formula is C25H27F2NO. The highest BCUT2D eigenvalue weighted by Gasteiger charge is 2.48. The van der Waals surface area contributed by atoms with Crippen LogP contribution in [0.3, 0.4) is 0 Å². The van der Waals surface area contributed by atoms with Gasteiger partial charge in [-0.05, 0) is 61.7 Å². The van der Waals surface area contributed by atoms with Crippen LogP contribution in [0.15, 0.2) is 36.4 Å². The molecule has 0 atom stereocenters. The van der Waals surface area contributed by atoms with Crippen LogP contribution in [0.1, 0.15) is 62.8 Å². The summed E-state index contributed by atoms with van der Waals surface area (Å²) >= 11 is 0. The maximum atomic E-state index is 14.4. The van der Waals surface area contributed by atoms with Gasteiger partial charge in [-0.1, -0.05) is 33.1 Å². The molecule has 0 N–H and O–H groups in total. The van der Waals surface area contributed by atoms with Crippen LogP contribution < -0.4 is 0 Å². The Morgan fingerprint density at radius 2 is 1.72 bits per heavy atom. The Kier molecular flexibility index (Phi) is 4.15. The highest BCUT2D eigenvalue weighted by molar-refractivity contribution is 5.89. The molecule has 2 heterocycles. The molecule has 1 aliphatic carbocycles. The summed E-state index contributed by atoms with van der Waals surface area (Å²) in [7, 11) is 0. The number of hydrogen-bond acceptors (Lipinski definition) is 1. The summed E-state index contributed by atoms with van der Waals surface area (Å²) in [5, 5.41) is 0.927. The van der Waals surface area contributed by atoms with Crippen molar-refractivity contribution in [1.29, 1.82) is 0 Å². The first-order valence-corrected chi connectivity index (χ1v) is 10.6. The quantitative estimate of drug-likeness (QED) is 0.448. The number of halogens is 2. The fourth-order valence-electron chi connectivity index (χ4n) is 5.38. The average Bonchev–Trinajstić information content (AvgIpc) is 3.05. The summed E-state index contributed by atoms with van der Waals surface area (Å²) in [5.41, 5.74) is 4.22. The van der Waals surface area contributed by atoms with Crippen LogP contribution in [-0.2, 0) is 15.8 Å². The number of rotatable bonds is 1. The molecule has 4 heteroatoms. The second-order valence-electron chi connectivity index (χ2n) is 9.38. The van der Waals surface area contributed by atoms with Gasteiger partial charge in [0.2, 0.25) is 0 Å². The van der Waals surface area contributed by atoms with Crippen molar-refractivity contribution in [3.63, 3.8) is 0 Å². The third kappa shape index (κ3) is 2.76. The fraction of sp³-hybridized carbons (Fsp3) is 0.440. The predicted octanol–water partition coefficient (Wildman–Crippen LogP) is 6.68. The number of aryl methyl sites for hydroxylation is 1. The van der Waals surface area contributed by atoms with E-state index >= 15 is 0 Å². The lowest BCUT2D eigenvalue weighted by molar-refractivity contribution is -0.105. The van der Waals surface area contributed by atoms with E-state index in [9.17, 15) is 8.78 Å². The molecule has 29 heavy (non-hydrogen) atoms. The maximum Gasteiger partial charge on any atom is 0.126 e. The van der Waals surface area contributed by atoms with E-state index in [1.807, 2.05) is 18.2 Å². The van der Waals surface area contributed by atoms with Crippen molar-refractivity contribution in [2.75, 3.05) is 6.61 Å². The molecule has 0 bridgehead atoms. The number of aromatic nitrogens is 1. The number of benzene rings is 2. The Morgan fingerprint density at radius 1 is 0.966 bits per heavy atom. The predicted molar refractivity (Wildman–Crippen MR) is 112 cm³/mol. The molecule has 0 saturated heterocycles. The minimum atomic E-state index is -0.352. The third-order valence-corrected chi connectivity index (χ3v) is 6.80. The minimum absolute atomic E-state index is 0.212. The summed E-state index contributed by atoms with van der Waals surface area (Å²) in [4.78, 5) is 0. The van der Waals surface area contributed by atoms with Gasteiger partial charge in [0.25, 0.3) is 0 Å². The number of ether oxygens (including phenoxy) is 1. The van der Waals surface area contributed by atoms with Crippen LogP contribution in [0.2, 0.25) is 0 Å². The van der Waals surface area contributed by atoms with E-state index in [1.54, 1.807) is 13.0 Å². The molecule has 1 spiro atoms. The van der Waals surface area contributed by atoms with Crippen LogP contribution in [0.5, 0.6) is 0 Å². The normalized spacial score (nSPS) is 20.2. The van der Waals surface area contributed by atoms with E-state index in [0.29, 0.717) is 12.2 Å². The van der Waals surface area contributed by atoms with Crippen molar-refractivity contribution in [1.82, 2.24) is 4.57 Å². The van der Waals surface area contributed by atoms with Crippen molar-refractivity contribution in [2.45, 2.75) is 63.9 Å². The van der Waals surface area contributed by atoms with Gasteiger partial charge in [-0.15, -0.1) is 0 Å². The summed E-state index contributed by atoms with van der Waals surface area (Å²) in [6, 6.07) is 10.3. The van der Waals surface area contributed by atoms with Crippen molar-refractivity contribution in [3.8, 4) is 5.69 Å². The molecule has 1 aromatic heterocycles.